The van der Waals surface area contributed by atoms with Crippen LogP contribution < -0.4 is 15.4 Å². The molecular weight excluding hydrogens is 522 g/mol. The van der Waals surface area contributed by atoms with Crippen LogP contribution in [0.2, 0.25) is 0 Å². The van der Waals surface area contributed by atoms with E-state index in [9.17, 15) is 18.0 Å². The minimum absolute atomic E-state index is 0.109. The number of hydrogen-bond acceptors (Lipinski definition) is 8. The number of nitrogens with one attached hydrogen (secondary N) is 3. The molecule has 0 aliphatic heterocycles. The van der Waals surface area contributed by atoms with Crippen molar-refractivity contribution in [2.45, 2.75) is 16.7 Å². The fraction of sp³-hybridized carbons (Fsp3) is 0.111. The van der Waals surface area contributed by atoms with Gasteiger partial charge in [-0.1, -0.05) is 36.4 Å². The van der Waals surface area contributed by atoms with Crippen LogP contribution in [-0.4, -0.2) is 42.5 Å². The van der Waals surface area contributed by atoms with Crippen molar-refractivity contribution in [3.8, 4) is 0 Å². The predicted molar refractivity (Wildman–Crippen MR) is 148 cm³/mol. The average molecular weight is 548 g/mol. The fourth-order valence-corrected chi connectivity index (χ4v) is 5.02. The molecule has 38 heavy (non-hydrogen) atoms. The van der Waals surface area contributed by atoms with E-state index in [1.54, 1.807) is 23.9 Å². The standard InChI is InChI=1S/C27H25N5O4S2/c1-19-7-5-6-10-24(19)26(34)31-21-13-11-20(12-14-21)25(33)32-38(35,36)23-17-29-27(30-18-23)28-15-16-37-22-8-3-2-4-9-22/h2-14,17-18H,15-16H2,1H3,(H,31,34)(H,32,33)(H,28,29,30). The number of anilines is 2. The topological polar surface area (TPSA) is 130 Å². The Morgan fingerprint density at radius 1 is 0.842 bits per heavy atom. The molecule has 1 aromatic heterocycles. The van der Waals surface area contributed by atoms with Gasteiger partial charge in [-0.05, 0) is 55.0 Å². The Morgan fingerprint density at radius 2 is 1.50 bits per heavy atom. The first kappa shape index (κ1) is 26.8. The third-order valence-electron chi connectivity index (χ3n) is 5.36. The van der Waals surface area contributed by atoms with Crippen molar-refractivity contribution in [2.24, 2.45) is 0 Å². The fourth-order valence-electron chi connectivity index (χ4n) is 3.37. The van der Waals surface area contributed by atoms with Crippen LogP contribution in [0.4, 0.5) is 11.6 Å². The molecule has 0 fully saturated rings. The molecule has 3 N–H and O–H groups in total. The Kier molecular flexibility index (Phi) is 8.72. The lowest BCUT2D eigenvalue weighted by Crippen LogP contribution is -2.30. The van der Waals surface area contributed by atoms with Crippen LogP contribution in [0.15, 0.2) is 101 Å². The van der Waals surface area contributed by atoms with Crippen LogP contribution in [-0.2, 0) is 10.0 Å². The largest absolute Gasteiger partial charge is 0.353 e. The number of benzene rings is 3. The highest BCUT2D eigenvalue weighted by atomic mass is 32.2. The number of carbonyl (C=O) groups is 2. The quantitative estimate of drug-likeness (QED) is 0.197. The smallest absolute Gasteiger partial charge is 0.267 e. The first-order valence-electron chi connectivity index (χ1n) is 11.6. The molecule has 0 bridgehead atoms. The van der Waals surface area contributed by atoms with E-state index in [1.165, 1.54) is 24.3 Å². The van der Waals surface area contributed by atoms with E-state index in [4.69, 9.17) is 0 Å². The van der Waals surface area contributed by atoms with Gasteiger partial charge in [-0.25, -0.2) is 23.1 Å². The summed E-state index contributed by atoms with van der Waals surface area (Å²) < 4.78 is 27.3. The van der Waals surface area contributed by atoms with E-state index in [0.29, 0.717) is 17.8 Å². The number of aryl methyl sites for hydroxylation is 1. The van der Waals surface area contributed by atoms with Crippen LogP contribution in [0.5, 0.6) is 0 Å². The molecule has 194 valence electrons. The summed E-state index contributed by atoms with van der Waals surface area (Å²) in [6.45, 7) is 2.42. The summed E-state index contributed by atoms with van der Waals surface area (Å²) in [6.07, 6.45) is 2.28. The Bertz CT molecular complexity index is 1510. The van der Waals surface area contributed by atoms with Crippen molar-refractivity contribution in [2.75, 3.05) is 22.9 Å². The lowest BCUT2D eigenvalue weighted by molar-refractivity contribution is 0.0980. The second-order valence-electron chi connectivity index (χ2n) is 8.11. The third-order valence-corrected chi connectivity index (χ3v) is 7.66. The van der Waals surface area contributed by atoms with Crippen LogP contribution >= 0.6 is 11.8 Å². The first-order valence-corrected chi connectivity index (χ1v) is 14.1. The van der Waals surface area contributed by atoms with Crippen molar-refractivity contribution in [3.63, 3.8) is 0 Å². The predicted octanol–water partition coefficient (Wildman–Crippen LogP) is 4.36. The van der Waals surface area contributed by atoms with E-state index in [-0.39, 0.29) is 22.3 Å². The highest BCUT2D eigenvalue weighted by Gasteiger charge is 2.20. The van der Waals surface area contributed by atoms with Gasteiger partial charge in [-0.2, -0.15) is 0 Å². The van der Waals surface area contributed by atoms with Crippen LogP contribution in [0.25, 0.3) is 0 Å². The summed E-state index contributed by atoms with van der Waals surface area (Å²) in [5.41, 5.74) is 1.95. The molecule has 4 aromatic rings. The summed E-state index contributed by atoms with van der Waals surface area (Å²) >= 11 is 1.67. The second-order valence-corrected chi connectivity index (χ2v) is 11.0. The molecule has 0 saturated heterocycles. The van der Waals surface area contributed by atoms with Crippen molar-refractivity contribution >= 4 is 45.2 Å². The zero-order valence-electron chi connectivity index (χ0n) is 20.4. The molecule has 0 spiro atoms. The number of carbonyl (C=O) groups excluding carboxylic acids is 2. The number of amides is 2. The van der Waals surface area contributed by atoms with Crippen molar-refractivity contribution in [1.82, 2.24) is 14.7 Å². The number of thioether (sulfide) groups is 1. The molecular formula is C27H25N5O4S2. The van der Waals surface area contributed by atoms with Crippen LogP contribution in [0, 0.1) is 6.92 Å². The molecule has 9 nitrogen and oxygen atoms in total. The molecule has 0 aliphatic carbocycles. The maximum atomic E-state index is 12.7. The highest BCUT2D eigenvalue weighted by Crippen LogP contribution is 2.17. The number of nitrogens with zero attached hydrogens (tertiary/aromatic N) is 2. The SMILES string of the molecule is Cc1ccccc1C(=O)Nc1ccc(C(=O)NS(=O)(=O)c2cnc(NCCSc3ccccc3)nc2)cc1. The van der Waals surface area contributed by atoms with Crippen molar-refractivity contribution in [1.29, 1.82) is 0 Å². The monoisotopic (exact) mass is 547 g/mol. The van der Waals surface area contributed by atoms with Crippen molar-refractivity contribution in [3.05, 3.63) is 108 Å². The molecule has 2 amide bonds. The van der Waals surface area contributed by atoms with Gasteiger partial charge in [0.2, 0.25) is 5.95 Å². The number of sulfonamides is 1. The van der Waals surface area contributed by atoms with Gasteiger partial charge in [0.1, 0.15) is 4.90 Å². The minimum Gasteiger partial charge on any atom is -0.353 e. The van der Waals surface area contributed by atoms with Gasteiger partial charge in [-0.3, -0.25) is 9.59 Å². The maximum absolute atomic E-state index is 12.7. The molecule has 0 saturated carbocycles. The summed E-state index contributed by atoms with van der Waals surface area (Å²) in [5, 5.41) is 5.80. The van der Waals surface area contributed by atoms with Gasteiger partial charge in [0.15, 0.2) is 0 Å². The lowest BCUT2D eigenvalue weighted by Gasteiger charge is -2.10. The van der Waals surface area contributed by atoms with E-state index in [1.807, 2.05) is 54.1 Å². The van der Waals surface area contributed by atoms with Gasteiger partial charge < -0.3 is 10.6 Å². The molecule has 0 atom stereocenters. The van der Waals surface area contributed by atoms with Crippen molar-refractivity contribution < 1.29 is 18.0 Å². The first-order chi connectivity index (χ1) is 18.3. The Morgan fingerprint density at radius 3 is 2.18 bits per heavy atom. The lowest BCUT2D eigenvalue weighted by atomic mass is 10.1. The average Bonchev–Trinajstić information content (AvgIpc) is 2.92. The Labute approximate surface area is 225 Å². The molecule has 0 unspecified atom stereocenters. The number of rotatable bonds is 10. The Balaban J connectivity index is 1.30. The highest BCUT2D eigenvalue weighted by molar-refractivity contribution is 7.99. The van der Waals surface area contributed by atoms with Gasteiger partial charge >= 0.3 is 0 Å². The summed E-state index contributed by atoms with van der Waals surface area (Å²) in [6, 6.07) is 23.0. The number of hydrogen-bond donors (Lipinski definition) is 3. The van der Waals surface area contributed by atoms with E-state index < -0.39 is 15.9 Å². The normalized spacial score (nSPS) is 11.0. The minimum atomic E-state index is -4.18. The molecule has 0 radical (unpaired) electrons. The third kappa shape index (κ3) is 7.17. The molecule has 0 aliphatic rings. The van der Waals surface area contributed by atoms with Gasteiger partial charge in [0.05, 0.1) is 12.4 Å². The number of aromatic nitrogens is 2. The summed E-state index contributed by atoms with van der Waals surface area (Å²) in [7, 11) is -4.18. The Hall–Kier alpha value is -4.22. The van der Waals surface area contributed by atoms with Crippen LogP contribution in [0.3, 0.4) is 0 Å². The van der Waals surface area contributed by atoms with E-state index in [2.05, 4.69) is 20.6 Å². The van der Waals surface area contributed by atoms with Crippen LogP contribution in [0.1, 0.15) is 26.3 Å². The zero-order valence-corrected chi connectivity index (χ0v) is 22.1. The molecule has 11 heteroatoms. The summed E-state index contributed by atoms with van der Waals surface area (Å²) in [5.74, 6) is -0.0392. The van der Waals surface area contributed by atoms with Gasteiger partial charge in [0, 0.05) is 34.0 Å². The second kappa shape index (κ2) is 12.3. The van der Waals surface area contributed by atoms with E-state index in [0.717, 1.165) is 28.6 Å². The molecule has 3 aromatic carbocycles. The maximum Gasteiger partial charge on any atom is 0.267 e. The van der Waals surface area contributed by atoms with E-state index >= 15 is 0 Å². The molecule has 4 rings (SSSR count). The van der Waals surface area contributed by atoms with Gasteiger partial charge in [0.25, 0.3) is 21.8 Å². The van der Waals surface area contributed by atoms with Gasteiger partial charge in [-0.15, -0.1) is 11.8 Å². The molecule has 1 heterocycles. The zero-order chi connectivity index (χ0) is 27.0. The summed E-state index contributed by atoms with van der Waals surface area (Å²) in [4.78, 5) is 34.0.